The van der Waals surface area contributed by atoms with Gasteiger partial charge in [-0.3, -0.25) is 10.1 Å². The molecule has 0 atom stereocenters. The molecule has 1 N–H and O–H groups in total. The highest BCUT2D eigenvalue weighted by Crippen LogP contribution is 2.38. The summed E-state index contributed by atoms with van der Waals surface area (Å²) in [5.74, 6) is 1.72. The third-order valence-corrected chi connectivity index (χ3v) is 4.36. The van der Waals surface area contributed by atoms with E-state index in [9.17, 15) is 0 Å². The second kappa shape index (κ2) is 5.07. The molecule has 4 rings (SSSR count). The Morgan fingerprint density at radius 1 is 1.24 bits per heavy atom. The molecular weight excluding hydrogens is 280 g/mol. The van der Waals surface area contributed by atoms with Crippen molar-refractivity contribution < 1.29 is 0 Å². The number of fused-ring (bicyclic) bond motifs is 1. The lowest BCUT2D eigenvalue weighted by Crippen LogP contribution is -2.06. The first-order chi connectivity index (χ1) is 10.3. The molecule has 1 fully saturated rings. The molecule has 0 bridgehead atoms. The van der Waals surface area contributed by atoms with Crippen molar-refractivity contribution in [2.45, 2.75) is 31.7 Å². The second-order valence-electron chi connectivity index (χ2n) is 5.56. The molecule has 0 aliphatic heterocycles. The number of hydrogen-bond acceptors (Lipinski definition) is 3. The number of pyridine rings is 1. The average molecular weight is 296 g/mol. The van der Waals surface area contributed by atoms with Gasteiger partial charge in [-0.1, -0.05) is 24.3 Å². The molecule has 1 aromatic carbocycles. The monoisotopic (exact) mass is 296 g/mol. The van der Waals surface area contributed by atoms with Crippen LogP contribution in [0.1, 0.15) is 30.1 Å². The summed E-state index contributed by atoms with van der Waals surface area (Å²) in [6, 6.07) is 10.4. The lowest BCUT2D eigenvalue weighted by Gasteiger charge is -2.08. The van der Waals surface area contributed by atoms with Crippen LogP contribution in [0.2, 0.25) is 0 Å². The Labute approximate surface area is 127 Å². The molecule has 21 heavy (non-hydrogen) atoms. The molecule has 2 aromatic heterocycles. The molecule has 1 aliphatic rings. The topological polar surface area (TPSA) is 46.5 Å². The average Bonchev–Trinajstić information content (AvgIpc) is 3.29. The van der Waals surface area contributed by atoms with Crippen LogP contribution in [0.15, 0.2) is 36.5 Å². The van der Waals surface area contributed by atoms with E-state index in [1.807, 2.05) is 12.3 Å². The van der Waals surface area contributed by atoms with Gasteiger partial charge in [0.2, 0.25) is 0 Å². The number of aryl methyl sites for hydroxylation is 1. The standard InChI is InChI=1S/C16H16N4S/c21-16-19-18-15(13-6-7-13)20(16)10-8-12-4-1-3-11-5-2-9-17-14(11)12/h1-5,9,13H,6-8,10H2,(H,19,21). The van der Waals surface area contributed by atoms with Crippen LogP contribution in [0.4, 0.5) is 0 Å². The Bertz CT molecular complexity index is 839. The summed E-state index contributed by atoms with van der Waals surface area (Å²) in [6.07, 6.45) is 5.23. The summed E-state index contributed by atoms with van der Waals surface area (Å²) >= 11 is 5.36. The Kier molecular flexibility index (Phi) is 3.07. The van der Waals surface area contributed by atoms with Crippen LogP contribution in [0.3, 0.4) is 0 Å². The highest BCUT2D eigenvalue weighted by molar-refractivity contribution is 7.71. The molecule has 5 heteroatoms. The number of nitrogens with one attached hydrogen (secondary N) is 1. The van der Waals surface area contributed by atoms with Crippen molar-refractivity contribution in [3.05, 3.63) is 52.7 Å². The molecule has 106 valence electrons. The zero-order chi connectivity index (χ0) is 14.2. The number of benzene rings is 1. The highest BCUT2D eigenvalue weighted by Gasteiger charge is 2.28. The van der Waals surface area contributed by atoms with Gasteiger partial charge >= 0.3 is 0 Å². The van der Waals surface area contributed by atoms with Gasteiger partial charge in [0.05, 0.1) is 5.52 Å². The van der Waals surface area contributed by atoms with Crippen molar-refractivity contribution in [3.63, 3.8) is 0 Å². The lowest BCUT2D eigenvalue weighted by atomic mass is 10.1. The van der Waals surface area contributed by atoms with E-state index >= 15 is 0 Å². The summed E-state index contributed by atoms with van der Waals surface area (Å²) in [6.45, 7) is 0.858. The number of nitrogens with zero attached hydrogens (tertiary/aromatic N) is 3. The van der Waals surface area contributed by atoms with E-state index in [1.165, 1.54) is 23.8 Å². The van der Waals surface area contributed by atoms with Gasteiger partial charge in [-0.25, -0.2) is 0 Å². The predicted octanol–water partition coefficient (Wildman–Crippen LogP) is 3.61. The fraction of sp³-hybridized carbons (Fsp3) is 0.312. The van der Waals surface area contributed by atoms with Crippen LogP contribution >= 0.6 is 12.2 Å². The van der Waals surface area contributed by atoms with Crippen LogP contribution in [-0.4, -0.2) is 19.7 Å². The van der Waals surface area contributed by atoms with E-state index in [4.69, 9.17) is 12.2 Å². The Hall–Kier alpha value is -2.01. The Balaban J connectivity index is 1.64. The summed E-state index contributed by atoms with van der Waals surface area (Å²) in [5.41, 5.74) is 2.35. The minimum absolute atomic E-state index is 0.601. The minimum atomic E-state index is 0.601. The van der Waals surface area contributed by atoms with Crippen molar-refractivity contribution in [2.24, 2.45) is 0 Å². The van der Waals surface area contributed by atoms with Gasteiger partial charge < -0.3 is 4.57 Å². The van der Waals surface area contributed by atoms with Gasteiger partial charge in [0, 0.05) is 24.0 Å². The number of hydrogen-bond donors (Lipinski definition) is 1. The van der Waals surface area contributed by atoms with E-state index in [2.05, 4.69) is 44.0 Å². The summed E-state index contributed by atoms with van der Waals surface area (Å²) < 4.78 is 2.87. The Morgan fingerprint density at radius 2 is 2.10 bits per heavy atom. The minimum Gasteiger partial charge on any atom is -0.304 e. The van der Waals surface area contributed by atoms with Crippen molar-refractivity contribution in [3.8, 4) is 0 Å². The van der Waals surface area contributed by atoms with Gasteiger partial charge in [0.15, 0.2) is 4.77 Å². The molecule has 0 unspecified atom stereocenters. The van der Waals surface area contributed by atoms with E-state index in [1.54, 1.807) is 0 Å². The number of para-hydroxylation sites is 1. The largest absolute Gasteiger partial charge is 0.304 e. The first kappa shape index (κ1) is 12.7. The van der Waals surface area contributed by atoms with Crippen LogP contribution in [0, 0.1) is 4.77 Å². The molecule has 0 spiro atoms. The molecule has 3 aromatic rings. The highest BCUT2D eigenvalue weighted by atomic mass is 32.1. The maximum Gasteiger partial charge on any atom is 0.195 e. The molecule has 1 saturated carbocycles. The van der Waals surface area contributed by atoms with Gasteiger partial charge in [0.1, 0.15) is 5.82 Å². The smallest absolute Gasteiger partial charge is 0.195 e. The SMILES string of the molecule is S=c1[nH]nc(C2CC2)n1CCc1cccc2cccnc12. The zero-order valence-electron chi connectivity index (χ0n) is 11.6. The molecule has 2 heterocycles. The molecule has 4 nitrogen and oxygen atoms in total. The van der Waals surface area contributed by atoms with Crippen molar-refractivity contribution in [2.75, 3.05) is 0 Å². The van der Waals surface area contributed by atoms with Gasteiger partial charge in [-0.15, -0.1) is 0 Å². The van der Waals surface area contributed by atoms with E-state index in [-0.39, 0.29) is 0 Å². The van der Waals surface area contributed by atoms with Gasteiger partial charge in [-0.2, -0.15) is 5.10 Å². The molecule has 0 saturated heterocycles. The fourth-order valence-corrected chi connectivity index (χ4v) is 3.03. The van der Waals surface area contributed by atoms with Crippen LogP contribution in [-0.2, 0) is 13.0 Å². The Morgan fingerprint density at radius 3 is 2.95 bits per heavy atom. The number of aromatic nitrogens is 4. The first-order valence-electron chi connectivity index (χ1n) is 7.30. The van der Waals surface area contributed by atoms with Gasteiger partial charge in [0.25, 0.3) is 0 Å². The first-order valence-corrected chi connectivity index (χ1v) is 7.71. The van der Waals surface area contributed by atoms with E-state index in [0.717, 1.165) is 29.1 Å². The lowest BCUT2D eigenvalue weighted by molar-refractivity contribution is 0.647. The third-order valence-electron chi connectivity index (χ3n) is 4.05. The quantitative estimate of drug-likeness (QED) is 0.748. The van der Waals surface area contributed by atoms with Crippen LogP contribution in [0.25, 0.3) is 10.9 Å². The molecule has 1 aliphatic carbocycles. The second-order valence-corrected chi connectivity index (χ2v) is 5.94. The molecule has 0 radical (unpaired) electrons. The number of aromatic amines is 1. The third kappa shape index (κ3) is 2.38. The zero-order valence-corrected chi connectivity index (χ0v) is 12.4. The molecular formula is C16H16N4S. The number of rotatable bonds is 4. The van der Waals surface area contributed by atoms with E-state index < -0.39 is 0 Å². The maximum absolute atomic E-state index is 5.36. The van der Waals surface area contributed by atoms with E-state index in [0.29, 0.717) is 5.92 Å². The molecule has 0 amide bonds. The van der Waals surface area contributed by atoms with Crippen LogP contribution < -0.4 is 0 Å². The van der Waals surface area contributed by atoms with Crippen molar-refractivity contribution >= 4 is 23.1 Å². The summed E-state index contributed by atoms with van der Waals surface area (Å²) in [5, 5.41) is 8.50. The summed E-state index contributed by atoms with van der Waals surface area (Å²) in [7, 11) is 0. The fourth-order valence-electron chi connectivity index (χ4n) is 2.80. The predicted molar refractivity (Wildman–Crippen MR) is 84.8 cm³/mol. The normalized spacial score (nSPS) is 14.7. The maximum atomic E-state index is 5.36. The van der Waals surface area contributed by atoms with Crippen LogP contribution in [0.5, 0.6) is 0 Å². The van der Waals surface area contributed by atoms with Crippen molar-refractivity contribution in [1.82, 2.24) is 19.7 Å². The van der Waals surface area contributed by atoms with Gasteiger partial charge in [-0.05, 0) is 43.1 Å². The summed E-state index contributed by atoms with van der Waals surface area (Å²) in [4.78, 5) is 4.51. The van der Waals surface area contributed by atoms with Crippen molar-refractivity contribution in [1.29, 1.82) is 0 Å². The number of H-pyrrole nitrogens is 1.